The zero-order valence-corrected chi connectivity index (χ0v) is 18.5. The second kappa shape index (κ2) is 9.10. The van der Waals surface area contributed by atoms with Crippen LogP contribution >= 0.6 is 0 Å². The molecular weight excluding hydrogens is 480 g/mol. The van der Waals surface area contributed by atoms with Gasteiger partial charge in [-0.2, -0.15) is 23.5 Å². The number of alkyl halides is 3. The molecule has 0 fully saturated rings. The molecule has 2 amide bonds. The summed E-state index contributed by atoms with van der Waals surface area (Å²) in [5, 5.41) is 14.5. The van der Waals surface area contributed by atoms with Crippen LogP contribution in [0.2, 0.25) is 0 Å². The maximum atomic E-state index is 14.6. The Morgan fingerprint density at radius 3 is 2.47 bits per heavy atom. The zero-order chi connectivity index (χ0) is 26.2. The second-order valence-electron chi connectivity index (χ2n) is 7.78. The molecule has 0 saturated heterocycles. The molecule has 0 bridgehead atoms. The number of hydrogen-bond donors (Lipinski definition) is 2. The number of nitrogens with zero attached hydrogens (tertiary/aromatic N) is 4. The van der Waals surface area contributed by atoms with Gasteiger partial charge in [-0.3, -0.25) is 14.3 Å². The minimum absolute atomic E-state index is 0.0195. The molecule has 182 valence electrons. The lowest BCUT2D eigenvalue weighted by Gasteiger charge is -2.12. The fourth-order valence-corrected chi connectivity index (χ4v) is 3.64. The molecule has 0 aliphatic carbocycles. The van der Waals surface area contributed by atoms with Crippen molar-refractivity contribution in [3.8, 4) is 6.07 Å². The first-order valence-electron chi connectivity index (χ1n) is 10.3. The van der Waals surface area contributed by atoms with Crippen molar-refractivity contribution in [1.82, 2.24) is 14.8 Å². The van der Waals surface area contributed by atoms with Crippen molar-refractivity contribution >= 4 is 28.4 Å². The summed E-state index contributed by atoms with van der Waals surface area (Å²) in [6.45, 7) is 1.26. The van der Waals surface area contributed by atoms with Crippen molar-refractivity contribution in [3.63, 3.8) is 0 Å². The quantitative estimate of drug-likeness (QED) is 0.401. The number of carbonyl (C=O) groups excluding carboxylic acids is 2. The third-order valence-electron chi connectivity index (χ3n) is 5.41. The third kappa shape index (κ3) is 4.58. The molecule has 0 aliphatic heterocycles. The van der Waals surface area contributed by atoms with Gasteiger partial charge in [-0.05, 0) is 42.8 Å². The molecule has 4 aromatic rings. The van der Waals surface area contributed by atoms with Crippen molar-refractivity contribution in [2.75, 3.05) is 5.32 Å². The summed E-state index contributed by atoms with van der Waals surface area (Å²) < 4.78 is 57.1. The van der Waals surface area contributed by atoms with Crippen LogP contribution in [0.25, 0.3) is 10.9 Å². The number of carbonyl (C=O) groups is 2. The van der Waals surface area contributed by atoms with Crippen LogP contribution in [-0.4, -0.2) is 26.6 Å². The maximum absolute atomic E-state index is 14.6. The fraction of sp³-hybridized carbons (Fsp3) is 0.125. The number of fused-ring (bicyclic) bond motifs is 1. The molecule has 0 radical (unpaired) electrons. The van der Waals surface area contributed by atoms with Gasteiger partial charge in [-0.15, -0.1) is 0 Å². The summed E-state index contributed by atoms with van der Waals surface area (Å²) in [6, 6.07) is 12.7. The van der Waals surface area contributed by atoms with Crippen LogP contribution in [0.4, 0.5) is 23.2 Å². The number of primary amides is 1. The minimum atomic E-state index is -4.92. The zero-order valence-electron chi connectivity index (χ0n) is 18.5. The molecule has 0 atom stereocenters. The Balaban J connectivity index is 1.78. The minimum Gasteiger partial charge on any atom is -0.364 e. The molecule has 0 saturated carbocycles. The average Bonchev–Trinajstić information content (AvgIpc) is 3.14. The predicted octanol–water partition coefficient (Wildman–Crippen LogP) is 4.17. The number of nitrogens with two attached hydrogens (primary N) is 1. The number of rotatable bonds is 5. The molecule has 0 spiro atoms. The van der Waals surface area contributed by atoms with Crippen LogP contribution in [0.3, 0.4) is 0 Å². The molecule has 0 unspecified atom stereocenters. The first-order chi connectivity index (χ1) is 17.0. The molecule has 0 aliphatic rings. The van der Waals surface area contributed by atoms with E-state index in [0.29, 0.717) is 11.1 Å². The van der Waals surface area contributed by atoms with Crippen LogP contribution < -0.4 is 11.1 Å². The number of nitriles is 1. The Morgan fingerprint density at radius 1 is 1.17 bits per heavy atom. The van der Waals surface area contributed by atoms with E-state index in [4.69, 9.17) is 11.0 Å². The monoisotopic (exact) mass is 496 g/mol. The van der Waals surface area contributed by atoms with Crippen molar-refractivity contribution in [3.05, 3.63) is 88.1 Å². The highest BCUT2D eigenvalue weighted by molar-refractivity contribution is 6.14. The molecule has 36 heavy (non-hydrogen) atoms. The van der Waals surface area contributed by atoms with Gasteiger partial charge in [-0.1, -0.05) is 18.2 Å². The standard InChI is InChI=1S/C24H16F4N6O2/c1-12-20(21(24(26,27)28)33-34(12)11-14-7-5-13(10-29)6-8-14)32-23(36)15-9-18(22(30)35)31-17-4-2-3-16(25)19(15)17/h2-9H,11H2,1H3,(H2,30,35)(H,32,36). The van der Waals surface area contributed by atoms with Crippen molar-refractivity contribution < 1.29 is 27.2 Å². The summed E-state index contributed by atoms with van der Waals surface area (Å²) in [5.74, 6) is -2.97. The van der Waals surface area contributed by atoms with Crippen LogP contribution in [0.1, 0.15) is 43.4 Å². The Bertz CT molecular complexity index is 1550. The molecule has 4 rings (SSSR count). The molecule has 2 heterocycles. The SMILES string of the molecule is Cc1c(NC(=O)c2cc(C(N)=O)nc3cccc(F)c23)c(C(F)(F)F)nn1Cc1ccc(C#N)cc1. The van der Waals surface area contributed by atoms with Crippen molar-refractivity contribution in [1.29, 1.82) is 5.26 Å². The molecule has 3 N–H and O–H groups in total. The average molecular weight is 496 g/mol. The lowest BCUT2D eigenvalue weighted by Crippen LogP contribution is -2.20. The van der Waals surface area contributed by atoms with Crippen molar-refractivity contribution in [2.45, 2.75) is 19.6 Å². The lowest BCUT2D eigenvalue weighted by atomic mass is 10.1. The normalized spacial score (nSPS) is 11.3. The number of aromatic nitrogens is 3. The number of halogens is 4. The van der Waals surface area contributed by atoms with E-state index in [0.717, 1.165) is 16.8 Å². The fourth-order valence-electron chi connectivity index (χ4n) is 3.64. The van der Waals surface area contributed by atoms with Gasteiger partial charge in [0.25, 0.3) is 11.8 Å². The number of pyridine rings is 1. The Kier molecular flexibility index (Phi) is 6.15. The summed E-state index contributed by atoms with van der Waals surface area (Å²) in [5.41, 5.74) is 3.37. The topological polar surface area (TPSA) is 127 Å². The van der Waals surface area contributed by atoms with E-state index in [1.54, 1.807) is 12.1 Å². The Labute approximate surface area is 201 Å². The highest BCUT2D eigenvalue weighted by Gasteiger charge is 2.39. The van der Waals surface area contributed by atoms with Crippen LogP contribution in [0.5, 0.6) is 0 Å². The van der Waals surface area contributed by atoms with Crippen LogP contribution in [0, 0.1) is 24.1 Å². The van der Waals surface area contributed by atoms with E-state index < -0.39 is 40.8 Å². The second-order valence-corrected chi connectivity index (χ2v) is 7.78. The predicted molar refractivity (Wildman–Crippen MR) is 120 cm³/mol. The number of nitrogens with one attached hydrogen (secondary N) is 1. The van der Waals surface area contributed by atoms with E-state index in [1.807, 2.05) is 6.07 Å². The highest BCUT2D eigenvalue weighted by atomic mass is 19.4. The van der Waals surface area contributed by atoms with Gasteiger partial charge in [0, 0.05) is 5.39 Å². The summed E-state index contributed by atoms with van der Waals surface area (Å²) in [6.07, 6.45) is -4.92. The summed E-state index contributed by atoms with van der Waals surface area (Å²) in [4.78, 5) is 28.7. The first-order valence-corrected chi connectivity index (χ1v) is 10.3. The molecule has 8 nitrogen and oxygen atoms in total. The van der Waals surface area contributed by atoms with Gasteiger partial charge in [0.1, 0.15) is 11.5 Å². The van der Waals surface area contributed by atoms with E-state index in [9.17, 15) is 27.2 Å². The Hall–Kier alpha value is -4.79. The van der Waals surface area contributed by atoms with Gasteiger partial charge in [0.15, 0.2) is 5.69 Å². The van der Waals surface area contributed by atoms with E-state index in [1.165, 1.54) is 31.2 Å². The van der Waals surface area contributed by atoms with Gasteiger partial charge in [0.05, 0.1) is 40.6 Å². The smallest absolute Gasteiger partial charge is 0.364 e. The maximum Gasteiger partial charge on any atom is 0.437 e. The Morgan fingerprint density at radius 2 is 1.86 bits per heavy atom. The third-order valence-corrected chi connectivity index (χ3v) is 5.41. The van der Waals surface area contributed by atoms with Gasteiger partial charge < -0.3 is 11.1 Å². The number of amides is 2. The summed E-state index contributed by atoms with van der Waals surface area (Å²) >= 11 is 0. The molecule has 12 heteroatoms. The highest BCUT2D eigenvalue weighted by Crippen LogP contribution is 2.36. The van der Waals surface area contributed by atoms with E-state index in [-0.39, 0.29) is 28.8 Å². The van der Waals surface area contributed by atoms with Gasteiger partial charge >= 0.3 is 6.18 Å². The van der Waals surface area contributed by atoms with E-state index in [2.05, 4.69) is 15.4 Å². The molecule has 2 aromatic carbocycles. The first kappa shape index (κ1) is 24.3. The largest absolute Gasteiger partial charge is 0.437 e. The number of anilines is 1. The molecular formula is C24H16F4N6O2. The van der Waals surface area contributed by atoms with Crippen LogP contribution in [-0.2, 0) is 12.7 Å². The van der Waals surface area contributed by atoms with E-state index >= 15 is 0 Å². The number of hydrogen-bond acceptors (Lipinski definition) is 5. The number of benzene rings is 2. The lowest BCUT2D eigenvalue weighted by molar-refractivity contribution is -0.140. The van der Waals surface area contributed by atoms with Crippen molar-refractivity contribution in [2.24, 2.45) is 5.73 Å². The van der Waals surface area contributed by atoms with Gasteiger partial charge in [-0.25, -0.2) is 9.37 Å². The van der Waals surface area contributed by atoms with Gasteiger partial charge in [0.2, 0.25) is 0 Å². The molecule has 2 aromatic heterocycles. The van der Waals surface area contributed by atoms with Crippen LogP contribution in [0.15, 0.2) is 48.5 Å². The summed E-state index contributed by atoms with van der Waals surface area (Å²) in [7, 11) is 0.